The lowest BCUT2D eigenvalue weighted by Crippen LogP contribution is -2.41. The van der Waals surface area contributed by atoms with E-state index in [-0.39, 0.29) is 0 Å². The molecule has 0 aliphatic heterocycles. The zero-order valence-electron chi connectivity index (χ0n) is 17.4. The Morgan fingerprint density at radius 1 is 0.625 bits per heavy atom. The van der Waals surface area contributed by atoms with Crippen LogP contribution in [0, 0.1) is 40.4 Å². The Kier molecular flexibility index (Phi) is 5.73. The summed E-state index contributed by atoms with van der Waals surface area (Å²) in [5, 5.41) is 0. The van der Waals surface area contributed by atoms with Crippen molar-refractivity contribution in [2.75, 3.05) is 0 Å². The zero-order valence-corrected chi connectivity index (χ0v) is 17.4. The van der Waals surface area contributed by atoms with E-state index in [0.29, 0.717) is 10.8 Å². The normalized spacial score (nSPS) is 45.1. The third kappa shape index (κ3) is 3.88. The Morgan fingerprint density at radius 3 is 1.54 bits per heavy atom. The molecule has 3 rings (SSSR count). The van der Waals surface area contributed by atoms with Gasteiger partial charge in [-0.1, -0.05) is 60.3 Å². The van der Waals surface area contributed by atoms with Gasteiger partial charge >= 0.3 is 0 Å². The third-order valence-corrected chi connectivity index (χ3v) is 9.25. The van der Waals surface area contributed by atoms with Gasteiger partial charge < -0.3 is 0 Å². The van der Waals surface area contributed by atoms with Crippen molar-refractivity contribution in [3.8, 4) is 0 Å². The molecule has 24 heavy (non-hydrogen) atoms. The minimum absolute atomic E-state index is 0.586. The fourth-order valence-electron chi connectivity index (χ4n) is 6.72. The van der Waals surface area contributed by atoms with Crippen LogP contribution < -0.4 is 0 Å². The van der Waals surface area contributed by atoms with Gasteiger partial charge in [0.25, 0.3) is 0 Å². The summed E-state index contributed by atoms with van der Waals surface area (Å²) < 4.78 is 0. The first kappa shape index (κ1) is 18.8. The number of hydrogen-bond donors (Lipinski definition) is 0. The second-order valence-electron chi connectivity index (χ2n) is 11.2. The highest BCUT2D eigenvalue weighted by Crippen LogP contribution is 2.55. The summed E-state index contributed by atoms with van der Waals surface area (Å²) in [6.45, 7) is 12.8. The van der Waals surface area contributed by atoms with E-state index in [1.165, 1.54) is 77.0 Å². The van der Waals surface area contributed by atoms with Crippen LogP contribution in [0.15, 0.2) is 0 Å². The van der Waals surface area contributed by atoms with E-state index in [0.717, 1.165) is 29.6 Å². The van der Waals surface area contributed by atoms with Gasteiger partial charge in [0.05, 0.1) is 0 Å². The van der Waals surface area contributed by atoms with Gasteiger partial charge in [0.15, 0.2) is 0 Å². The van der Waals surface area contributed by atoms with Gasteiger partial charge in [-0.2, -0.15) is 0 Å². The van der Waals surface area contributed by atoms with Crippen molar-refractivity contribution < 1.29 is 0 Å². The van der Waals surface area contributed by atoms with Crippen LogP contribution in [-0.4, -0.2) is 0 Å². The topological polar surface area (TPSA) is 0 Å². The summed E-state index contributed by atoms with van der Waals surface area (Å²) in [5.74, 6) is 5.01. The molecule has 0 N–H and O–H groups in total. The summed E-state index contributed by atoms with van der Waals surface area (Å²) in [7, 11) is 0. The van der Waals surface area contributed by atoms with Gasteiger partial charge in [0, 0.05) is 0 Å². The average molecular weight is 333 g/mol. The first-order valence-electron chi connectivity index (χ1n) is 11.3. The van der Waals surface area contributed by atoms with Gasteiger partial charge in [-0.05, 0) is 91.8 Å². The first-order valence-corrected chi connectivity index (χ1v) is 11.3. The van der Waals surface area contributed by atoms with Crippen LogP contribution in [0.3, 0.4) is 0 Å². The molecule has 3 fully saturated rings. The Morgan fingerprint density at radius 2 is 1.04 bits per heavy atom. The van der Waals surface area contributed by atoms with E-state index in [1.807, 2.05) is 0 Å². The summed E-state index contributed by atoms with van der Waals surface area (Å²) in [6, 6.07) is 0. The van der Waals surface area contributed by atoms with Crippen molar-refractivity contribution in [3.63, 3.8) is 0 Å². The predicted octanol–water partition coefficient (Wildman–Crippen LogP) is 7.86. The molecule has 0 heteroatoms. The Hall–Kier alpha value is 0. The molecule has 0 aromatic carbocycles. The Labute approximate surface area is 152 Å². The van der Waals surface area contributed by atoms with Crippen molar-refractivity contribution in [2.45, 2.75) is 112 Å². The maximum atomic E-state index is 2.65. The molecule has 0 saturated heterocycles. The van der Waals surface area contributed by atoms with Gasteiger partial charge in [0.1, 0.15) is 0 Å². The molecule has 0 aromatic heterocycles. The van der Waals surface area contributed by atoms with Gasteiger partial charge in [-0.25, -0.2) is 0 Å². The van der Waals surface area contributed by atoms with Crippen molar-refractivity contribution in [2.24, 2.45) is 40.4 Å². The SMILES string of the molecule is CC1CCC(C2(C)CCC(C(C)(C)C3CCC(C)CC3)CC2)CC1. The van der Waals surface area contributed by atoms with E-state index in [1.54, 1.807) is 0 Å². The van der Waals surface area contributed by atoms with Gasteiger partial charge in [-0.3, -0.25) is 0 Å². The standard InChI is InChI=1S/C24H44/c1-18-6-10-20(11-7-18)23(3,4)21-14-16-24(5,17-15-21)22-12-8-19(2)9-13-22/h18-22H,6-17H2,1-5H3. The van der Waals surface area contributed by atoms with E-state index in [2.05, 4.69) is 34.6 Å². The van der Waals surface area contributed by atoms with E-state index >= 15 is 0 Å². The minimum Gasteiger partial charge on any atom is -0.0625 e. The molecule has 3 aliphatic carbocycles. The van der Waals surface area contributed by atoms with Crippen LogP contribution >= 0.6 is 0 Å². The van der Waals surface area contributed by atoms with E-state index < -0.39 is 0 Å². The first-order chi connectivity index (χ1) is 11.3. The Balaban J connectivity index is 1.55. The largest absolute Gasteiger partial charge is 0.0625 e. The summed E-state index contributed by atoms with van der Waals surface area (Å²) in [6.07, 6.45) is 18.1. The molecular weight excluding hydrogens is 288 g/mol. The summed E-state index contributed by atoms with van der Waals surface area (Å²) in [5.41, 5.74) is 1.26. The van der Waals surface area contributed by atoms with Crippen molar-refractivity contribution in [1.29, 1.82) is 0 Å². The fraction of sp³-hybridized carbons (Fsp3) is 1.00. The van der Waals surface area contributed by atoms with Crippen LogP contribution in [0.4, 0.5) is 0 Å². The summed E-state index contributed by atoms with van der Waals surface area (Å²) >= 11 is 0. The highest BCUT2D eigenvalue weighted by Gasteiger charge is 2.44. The highest BCUT2D eigenvalue weighted by molar-refractivity contribution is 4.95. The lowest BCUT2D eigenvalue weighted by atomic mass is 9.54. The lowest BCUT2D eigenvalue weighted by molar-refractivity contribution is -0.00565. The molecule has 0 radical (unpaired) electrons. The molecule has 0 amide bonds. The van der Waals surface area contributed by atoms with Crippen LogP contribution in [0.5, 0.6) is 0 Å². The maximum Gasteiger partial charge on any atom is -0.0297 e. The molecule has 0 heterocycles. The Bertz CT molecular complexity index is 382. The molecule has 0 unspecified atom stereocenters. The molecule has 0 aromatic rings. The monoisotopic (exact) mass is 332 g/mol. The van der Waals surface area contributed by atoms with Crippen molar-refractivity contribution in [1.82, 2.24) is 0 Å². The van der Waals surface area contributed by atoms with Gasteiger partial charge in [-0.15, -0.1) is 0 Å². The van der Waals surface area contributed by atoms with Crippen LogP contribution in [-0.2, 0) is 0 Å². The molecule has 0 atom stereocenters. The van der Waals surface area contributed by atoms with Crippen molar-refractivity contribution >= 4 is 0 Å². The second kappa shape index (κ2) is 7.32. The zero-order chi connectivity index (χ0) is 17.4. The fourth-order valence-corrected chi connectivity index (χ4v) is 6.72. The van der Waals surface area contributed by atoms with Crippen LogP contribution in [0.1, 0.15) is 112 Å². The maximum absolute atomic E-state index is 2.65. The number of hydrogen-bond acceptors (Lipinski definition) is 0. The van der Waals surface area contributed by atoms with Gasteiger partial charge in [0.2, 0.25) is 0 Å². The van der Waals surface area contributed by atoms with Crippen LogP contribution in [0.2, 0.25) is 0 Å². The molecule has 140 valence electrons. The lowest BCUT2D eigenvalue weighted by Gasteiger charge is -2.51. The minimum atomic E-state index is 0.586. The average Bonchev–Trinajstić information content (AvgIpc) is 2.56. The van der Waals surface area contributed by atoms with E-state index in [4.69, 9.17) is 0 Å². The quantitative estimate of drug-likeness (QED) is 0.493. The molecule has 3 aliphatic rings. The second-order valence-corrected chi connectivity index (χ2v) is 11.2. The highest BCUT2D eigenvalue weighted by atomic mass is 14.5. The molecule has 0 bridgehead atoms. The third-order valence-electron chi connectivity index (χ3n) is 9.25. The number of rotatable bonds is 3. The molecule has 0 nitrogen and oxygen atoms in total. The summed E-state index contributed by atoms with van der Waals surface area (Å²) in [4.78, 5) is 0. The smallest absolute Gasteiger partial charge is 0.0297 e. The predicted molar refractivity (Wildman–Crippen MR) is 106 cm³/mol. The molecule has 3 saturated carbocycles. The van der Waals surface area contributed by atoms with E-state index in [9.17, 15) is 0 Å². The van der Waals surface area contributed by atoms with Crippen molar-refractivity contribution in [3.05, 3.63) is 0 Å². The van der Waals surface area contributed by atoms with Crippen LogP contribution in [0.25, 0.3) is 0 Å². The molecule has 0 spiro atoms. The molecular formula is C24H44.